The normalized spacial score (nSPS) is 13.9. The first kappa shape index (κ1) is 16.2. The lowest BCUT2D eigenvalue weighted by Gasteiger charge is -2.10. The van der Waals surface area contributed by atoms with Crippen LogP contribution in [-0.2, 0) is 10.8 Å². The van der Waals surface area contributed by atoms with Gasteiger partial charge in [-0.3, -0.25) is 9.00 Å². The second kappa shape index (κ2) is 7.09. The van der Waals surface area contributed by atoms with Crippen molar-refractivity contribution in [2.24, 2.45) is 0 Å². The molecule has 0 saturated carbocycles. The highest BCUT2D eigenvalue weighted by molar-refractivity contribution is 9.10. The van der Waals surface area contributed by atoms with Gasteiger partial charge in [0.25, 0.3) is 5.91 Å². The monoisotopic (exact) mass is 353 g/mol. The number of carbonyl (C=O) groups is 1. The number of halogens is 3. The molecule has 0 fully saturated rings. The fourth-order valence-electron chi connectivity index (χ4n) is 1.40. The van der Waals surface area contributed by atoms with E-state index in [4.69, 9.17) is 0 Å². The first-order chi connectivity index (χ1) is 8.82. The Morgan fingerprint density at radius 2 is 1.95 bits per heavy atom. The van der Waals surface area contributed by atoms with Gasteiger partial charge in [0.05, 0.1) is 0 Å². The number of nitrogens with one attached hydrogen (secondary N) is 1. The standard InChI is InChI=1S/C12H14BrF2NO2S/c1-7(19(2)18)3-4-16-12(17)11-9(14)5-8(13)6-10(11)15/h5-7H,3-4H2,1-2H3,(H,16,17). The Labute approximate surface area is 121 Å². The van der Waals surface area contributed by atoms with Crippen LogP contribution >= 0.6 is 15.9 Å². The fourth-order valence-corrected chi connectivity index (χ4v) is 2.25. The van der Waals surface area contributed by atoms with Gasteiger partial charge in [0, 0.05) is 33.3 Å². The van der Waals surface area contributed by atoms with Gasteiger partial charge in [0.1, 0.15) is 17.2 Å². The summed E-state index contributed by atoms with van der Waals surface area (Å²) in [5, 5.41) is 2.33. The van der Waals surface area contributed by atoms with Crippen molar-refractivity contribution in [1.29, 1.82) is 0 Å². The van der Waals surface area contributed by atoms with Crippen LogP contribution in [0.5, 0.6) is 0 Å². The molecular formula is C12H14BrF2NO2S. The number of rotatable bonds is 5. The number of hydrogen-bond acceptors (Lipinski definition) is 2. The summed E-state index contributed by atoms with van der Waals surface area (Å²) in [6, 6.07) is 2.06. The highest BCUT2D eigenvalue weighted by atomic mass is 79.9. The van der Waals surface area contributed by atoms with Crippen LogP contribution in [0.2, 0.25) is 0 Å². The molecule has 0 bridgehead atoms. The average molecular weight is 354 g/mol. The summed E-state index contributed by atoms with van der Waals surface area (Å²) in [5.74, 6) is -2.65. The molecular weight excluding hydrogens is 340 g/mol. The topological polar surface area (TPSA) is 46.2 Å². The van der Waals surface area contributed by atoms with Gasteiger partial charge in [-0.1, -0.05) is 22.9 Å². The van der Waals surface area contributed by atoms with Gasteiger partial charge in [-0.05, 0) is 18.6 Å². The molecule has 1 aromatic rings. The molecule has 7 heteroatoms. The quantitative estimate of drug-likeness (QED) is 0.884. The zero-order valence-corrected chi connectivity index (χ0v) is 12.9. The maximum atomic E-state index is 13.5. The van der Waals surface area contributed by atoms with Crippen LogP contribution in [0.25, 0.3) is 0 Å². The lowest BCUT2D eigenvalue weighted by molar-refractivity contribution is 0.0945. The van der Waals surface area contributed by atoms with Gasteiger partial charge in [0.15, 0.2) is 0 Å². The Bertz CT molecular complexity index is 487. The lowest BCUT2D eigenvalue weighted by Crippen LogP contribution is -2.29. The molecule has 2 atom stereocenters. The Balaban J connectivity index is 2.67. The summed E-state index contributed by atoms with van der Waals surface area (Å²) >= 11 is 2.94. The van der Waals surface area contributed by atoms with Crippen molar-refractivity contribution < 1.29 is 17.8 Å². The summed E-state index contributed by atoms with van der Waals surface area (Å²) in [6.07, 6.45) is 2.05. The third kappa shape index (κ3) is 4.65. The van der Waals surface area contributed by atoms with Crippen LogP contribution in [0.4, 0.5) is 8.78 Å². The largest absolute Gasteiger partial charge is 0.352 e. The van der Waals surface area contributed by atoms with E-state index in [0.717, 1.165) is 12.1 Å². The van der Waals surface area contributed by atoms with Crippen molar-refractivity contribution in [1.82, 2.24) is 5.32 Å². The van der Waals surface area contributed by atoms with E-state index in [1.165, 1.54) is 0 Å². The van der Waals surface area contributed by atoms with Crippen molar-refractivity contribution in [2.45, 2.75) is 18.6 Å². The van der Waals surface area contributed by atoms with E-state index in [1.54, 1.807) is 13.2 Å². The number of hydrogen-bond donors (Lipinski definition) is 1. The van der Waals surface area contributed by atoms with Crippen molar-refractivity contribution in [2.75, 3.05) is 12.8 Å². The molecule has 19 heavy (non-hydrogen) atoms. The molecule has 1 amide bonds. The second-order valence-electron chi connectivity index (χ2n) is 4.10. The number of amides is 1. The fraction of sp³-hybridized carbons (Fsp3) is 0.417. The van der Waals surface area contributed by atoms with Gasteiger partial charge >= 0.3 is 0 Å². The van der Waals surface area contributed by atoms with Crippen LogP contribution in [0.1, 0.15) is 23.7 Å². The Hall–Kier alpha value is -0.820. The van der Waals surface area contributed by atoms with Crippen LogP contribution < -0.4 is 5.32 Å². The van der Waals surface area contributed by atoms with Gasteiger partial charge < -0.3 is 5.32 Å². The van der Waals surface area contributed by atoms with E-state index in [-0.39, 0.29) is 16.3 Å². The van der Waals surface area contributed by atoms with E-state index < -0.39 is 33.9 Å². The van der Waals surface area contributed by atoms with Crippen molar-refractivity contribution in [3.05, 3.63) is 33.8 Å². The Kier molecular flexibility index (Phi) is 6.06. The van der Waals surface area contributed by atoms with Crippen molar-refractivity contribution in [3.8, 4) is 0 Å². The third-order valence-corrected chi connectivity index (χ3v) is 4.46. The van der Waals surface area contributed by atoms with E-state index in [1.807, 2.05) is 0 Å². The summed E-state index contributed by atoms with van der Waals surface area (Å²) < 4.78 is 38.3. The van der Waals surface area contributed by atoms with Crippen LogP contribution in [0, 0.1) is 11.6 Å². The second-order valence-corrected chi connectivity index (χ2v) is 6.82. The maximum Gasteiger partial charge on any atom is 0.257 e. The Morgan fingerprint density at radius 1 is 1.42 bits per heavy atom. The molecule has 3 nitrogen and oxygen atoms in total. The smallest absolute Gasteiger partial charge is 0.257 e. The van der Waals surface area contributed by atoms with E-state index in [0.29, 0.717) is 6.42 Å². The first-order valence-corrected chi connectivity index (χ1v) is 7.99. The predicted molar refractivity (Wildman–Crippen MR) is 74.5 cm³/mol. The minimum absolute atomic E-state index is 0.0834. The van der Waals surface area contributed by atoms with E-state index in [2.05, 4.69) is 21.2 Å². The Morgan fingerprint density at radius 3 is 2.42 bits per heavy atom. The number of benzene rings is 1. The van der Waals surface area contributed by atoms with Crippen molar-refractivity contribution >= 4 is 32.6 Å². The minimum Gasteiger partial charge on any atom is -0.352 e. The summed E-state index contributed by atoms with van der Waals surface area (Å²) in [6.45, 7) is 2.00. The van der Waals surface area contributed by atoms with Gasteiger partial charge in [-0.2, -0.15) is 0 Å². The maximum absolute atomic E-state index is 13.5. The highest BCUT2D eigenvalue weighted by Gasteiger charge is 2.18. The van der Waals surface area contributed by atoms with Gasteiger partial charge in [-0.15, -0.1) is 0 Å². The lowest BCUT2D eigenvalue weighted by atomic mass is 10.2. The zero-order chi connectivity index (χ0) is 14.6. The van der Waals surface area contributed by atoms with Crippen molar-refractivity contribution in [3.63, 3.8) is 0 Å². The average Bonchev–Trinajstić information content (AvgIpc) is 2.26. The van der Waals surface area contributed by atoms with Gasteiger partial charge in [0.2, 0.25) is 0 Å². The first-order valence-electron chi connectivity index (χ1n) is 5.58. The van der Waals surface area contributed by atoms with E-state index in [9.17, 15) is 17.8 Å². The molecule has 106 valence electrons. The molecule has 0 heterocycles. The molecule has 1 aromatic carbocycles. The predicted octanol–water partition coefficient (Wildman–Crippen LogP) is 2.61. The molecule has 0 aromatic heterocycles. The molecule has 0 saturated heterocycles. The zero-order valence-electron chi connectivity index (χ0n) is 10.5. The molecule has 0 radical (unpaired) electrons. The van der Waals surface area contributed by atoms with Crippen LogP contribution in [0.3, 0.4) is 0 Å². The molecule has 0 aliphatic heterocycles. The van der Waals surface area contributed by atoms with Gasteiger partial charge in [-0.25, -0.2) is 8.78 Å². The molecule has 1 rings (SSSR count). The SMILES string of the molecule is CC(CCNC(=O)c1c(F)cc(Br)cc1F)S(C)=O. The molecule has 0 spiro atoms. The highest BCUT2D eigenvalue weighted by Crippen LogP contribution is 2.19. The molecule has 1 N–H and O–H groups in total. The van der Waals surface area contributed by atoms with Crippen LogP contribution in [-0.4, -0.2) is 28.2 Å². The van der Waals surface area contributed by atoms with E-state index >= 15 is 0 Å². The summed E-state index contributed by atoms with van der Waals surface area (Å²) in [5.41, 5.74) is -0.603. The summed E-state index contributed by atoms with van der Waals surface area (Å²) in [7, 11) is -0.987. The molecule has 0 aliphatic rings. The minimum atomic E-state index is -0.987. The van der Waals surface area contributed by atoms with Crippen LogP contribution in [0.15, 0.2) is 16.6 Å². The molecule has 0 aliphatic carbocycles. The number of carbonyl (C=O) groups excluding carboxylic acids is 1. The molecule has 2 unspecified atom stereocenters. The third-order valence-electron chi connectivity index (χ3n) is 2.64. The summed E-state index contributed by atoms with van der Waals surface area (Å²) in [4.78, 5) is 11.7.